The molecule has 6 rings (SSSR count). The van der Waals surface area contributed by atoms with E-state index in [0.717, 1.165) is 50.4 Å². The molecule has 5 aliphatic rings. The fourth-order valence-corrected chi connectivity index (χ4v) is 8.90. The molecule has 8 nitrogen and oxygen atoms in total. The van der Waals surface area contributed by atoms with Crippen LogP contribution in [0.15, 0.2) is 15.9 Å². The first kappa shape index (κ1) is 22.4. The molecule has 8 heteroatoms. The average molecular weight is 468 g/mol. The number of hydrogen-bond acceptors (Lipinski definition) is 6. The van der Waals surface area contributed by atoms with Gasteiger partial charge in [0.25, 0.3) is 0 Å². The second kappa shape index (κ2) is 7.97. The highest BCUT2D eigenvalue weighted by atomic mass is 16.3. The van der Waals surface area contributed by atoms with Crippen LogP contribution in [0.5, 0.6) is 0 Å². The Bertz CT molecular complexity index is 1100. The van der Waals surface area contributed by atoms with Gasteiger partial charge in [-0.1, -0.05) is 6.92 Å². The van der Waals surface area contributed by atoms with Gasteiger partial charge < -0.3 is 5.11 Å². The van der Waals surface area contributed by atoms with E-state index >= 15 is 0 Å². The predicted octanol–water partition coefficient (Wildman–Crippen LogP) is 2.95. The molecule has 1 aromatic rings. The third-order valence-corrected chi connectivity index (χ3v) is 10.5. The number of allylic oxidation sites excluding steroid dienone is 1. The number of fused-ring (bicyclic) bond motifs is 5. The van der Waals surface area contributed by atoms with Gasteiger partial charge in [0, 0.05) is 12.1 Å². The summed E-state index contributed by atoms with van der Waals surface area (Å²) in [5.41, 5.74) is -0.134. The summed E-state index contributed by atoms with van der Waals surface area (Å²) in [4.78, 5) is 30.4. The second-order valence-corrected chi connectivity index (χ2v) is 12.3. The molecule has 0 amide bonds. The maximum Gasteiger partial charge on any atom is 0.368 e. The number of Topliss-reactive ketones (excluding diaryl/α,β-unsaturated/α-hetero) is 1. The molecule has 0 aromatic carbocycles. The molecular weight excluding hydrogens is 430 g/mol. The van der Waals surface area contributed by atoms with Crippen LogP contribution in [0.3, 0.4) is 0 Å². The van der Waals surface area contributed by atoms with Crippen molar-refractivity contribution < 1.29 is 9.90 Å². The Morgan fingerprint density at radius 3 is 2.68 bits per heavy atom. The maximum atomic E-state index is 13.5. The topological polar surface area (TPSA) is 102 Å². The number of nitrogens with zero attached hydrogens (tertiary/aromatic N) is 5. The fourth-order valence-electron chi connectivity index (χ4n) is 8.90. The van der Waals surface area contributed by atoms with Crippen molar-refractivity contribution in [2.24, 2.45) is 45.9 Å². The van der Waals surface area contributed by atoms with Crippen LogP contribution >= 0.6 is 0 Å². The molecule has 0 radical (unpaired) electrons. The van der Waals surface area contributed by atoms with Crippen LogP contribution < -0.4 is 5.69 Å². The fraction of sp³-hybridized carbons (Fsp3) is 0.808. The molecule has 184 valence electrons. The lowest BCUT2D eigenvalue weighted by Crippen LogP contribution is -2.51. The van der Waals surface area contributed by atoms with Crippen LogP contribution in [0, 0.1) is 40.9 Å². The molecule has 4 saturated carbocycles. The Morgan fingerprint density at radius 1 is 1.06 bits per heavy atom. The number of carbonyl (C=O) groups excluding carboxylic acids is 1. The van der Waals surface area contributed by atoms with Gasteiger partial charge in [-0.25, -0.2) is 4.79 Å². The number of tetrazole rings is 1. The normalized spacial score (nSPS) is 43.2. The number of hydrogen-bond donors (Lipinski definition) is 1. The summed E-state index contributed by atoms with van der Waals surface area (Å²) >= 11 is 0. The minimum atomic E-state index is -0.483. The Hall–Kier alpha value is -2.09. The highest BCUT2D eigenvalue weighted by Gasteiger charge is 2.58. The highest BCUT2D eigenvalue weighted by Crippen LogP contribution is 2.64. The maximum absolute atomic E-state index is 13.5. The first-order valence-corrected chi connectivity index (χ1v) is 13.2. The molecule has 8 atom stereocenters. The molecule has 0 saturated heterocycles. The third kappa shape index (κ3) is 3.47. The van der Waals surface area contributed by atoms with Crippen molar-refractivity contribution in [2.45, 2.75) is 83.8 Å². The van der Waals surface area contributed by atoms with Crippen molar-refractivity contribution in [3.8, 4) is 0 Å². The molecule has 1 aliphatic heterocycles. The Kier molecular flexibility index (Phi) is 5.24. The van der Waals surface area contributed by atoms with Crippen LogP contribution in [0.25, 0.3) is 5.70 Å². The summed E-state index contributed by atoms with van der Waals surface area (Å²) in [6, 6.07) is 0. The summed E-state index contributed by atoms with van der Waals surface area (Å²) in [5, 5.41) is 18.6. The summed E-state index contributed by atoms with van der Waals surface area (Å²) < 4.78 is 2.48. The van der Waals surface area contributed by atoms with E-state index in [9.17, 15) is 14.7 Å². The van der Waals surface area contributed by atoms with E-state index in [1.165, 1.54) is 28.6 Å². The monoisotopic (exact) mass is 467 g/mol. The highest BCUT2D eigenvalue weighted by molar-refractivity contribution is 5.84. The number of aromatic nitrogens is 4. The Morgan fingerprint density at radius 2 is 1.88 bits per heavy atom. The molecule has 1 N–H and O–H groups in total. The Balaban J connectivity index is 1.17. The Labute approximate surface area is 200 Å². The van der Waals surface area contributed by atoms with Gasteiger partial charge in [-0.3, -0.25) is 9.79 Å². The van der Waals surface area contributed by atoms with E-state index in [-0.39, 0.29) is 29.4 Å². The lowest BCUT2D eigenvalue weighted by atomic mass is 9.49. The lowest BCUT2D eigenvalue weighted by Gasteiger charge is -2.56. The van der Waals surface area contributed by atoms with Crippen molar-refractivity contribution >= 4 is 17.7 Å². The summed E-state index contributed by atoms with van der Waals surface area (Å²) in [7, 11) is 0. The molecule has 2 heterocycles. The minimum Gasteiger partial charge on any atom is -0.390 e. The van der Waals surface area contributed by atoms with E-state index in [1.54, 1.807) is 12.3 Å². The van der Waals surface area contributed by atoms with Crippen molar-refractivity contribution in [1.29, 1.82) is 0 Å². The molecule has 4 aliphatic carbocycles. The zero-order valence-electron chi connectivity index (χ0n) is 20.4. The predicted molar refractivity (Wildman–Crippen MR) is 128 cm³/mol. The van der Waals surface area contributed by atoms with Crippen LogP contribution in [0.2, 0.25) is 0 Å². The van der Waals surface area contributed by atoms with E-state index in [1.807, 2.05) is 6.92 Å². The number of aliphatic imine (C=N–C) groups is 1. The molecule has 4 fully saturated rings. The van der Waals surface area contributed by atoms with Gasteiger partial charge in [0.1, 0.15) is 6.54 Å². The van der Waals surface area contributed by atoms with Crippen molar-refractivity contribution in [3.05, 3.63) is 16.6 Å². The van der Waals surface area contributed by atoms with Crippen molar-refractivity contribution in [2.75, 3.05) is 6.54 Å². The standard InChI is InChI=1S/C26H37N5O3/c1-25(34)10-7-18-16(13-25)3-4-20-19(18)8-11-26(2)21(20)5-6-22(26)23(32)15-30-24(33)31(29-28-30)17-9-12-27-14-17/h9,12,16,18-22,34H,3-8,10-11,13-15H2,1-2H3/t16-,18+,19-,20-,21+,22-,25-,26+/m1/s1. The SMILES string of the molecule is C[C@@]1(O)CC[C@H]2[C@H](CC[C@@H]3[C@@H]2CC[C@]2(C)[C@@H](C(=O)Cn4nnn(C5=CC=NC5)c4=O)CC[C@@H]32)C1. The van der Waals surface area contributed by atoms with Crippen LogP contribution in [0.4, 0.5) is 0 Å². The van der Waals surface area contributed by atoms with Gasteiger partial charge in [0.2, 0.25) is 0 Å². The van der Waals surface area contributed by atoms with Gasteiger partial charge in [-0.15, -0.1) is 0 Å². The number of aliphatic hydroxyl groups is 1. The minimum absolute atomic E-state index is 0.00524. The van der Waals surface area contributed by atoms with Crippen molar-refractivity contribution in [1.82, 2.24) is 19.8 Å². The lowest BCUT2D eigenvalue weighted by molar-refractivity contribution is -0.133. The molecule has 0 bridgehead atoms. The summed E-state index contributed by atoms with van der Waals surface area (Å²) in [5.74, 6) is 3.61. The van der Waals surface area contributed by atoms with E-state index in [4.69, 9.17) is 0 Å². The van der Waals surface area contributed by atoms with Crippen LogP contribution in [0.1, 0.15) is 71.6 Å². The largest absolute Gasteiger partial charge is 0.390 e. The summed E-state index contributed by atoms with van der Waals surface area (Å²) in [6.07, 6.45) is 13.3. The number of carbonyl (C=O) groups is 1. The van der Waals surface area contributed by atoms with Crippen LogP contribution in [-0.4, -0.2) is 49.0 Å². The third-order valence-electron chi connectivity index (χ3n) is 10.5. The number of ketones is 1. The quantitative estimate of drug-likeness (QED) is 0.733. The first-order valence-electron chi connectivity index (χ1n) is 13.2. The molecular formula is C26H37N5O3. The van der Waals surface area contributed by atoms with Crippen LogP contribution in [-0.2, 0) is 11.3 Å². The molecule has 0 unspecified atom stereocenters. The van der Waals surface area contributed by atoms with Gasteiger partial charge in [-0.05, 0) is 116 Å². The van der Waals surface area contributed by atoms with Gasteiger partial charge in [0.15, 0.2) is 5.78 Å². The zero-order chi connectivity index (χ0) is 23.7. The zero-order valence-corrected chi connectivity index (χ0v) is 20.4. The van der Waals surface area contributed by atoms with Gasteiger partial charge in [-0.2, -0.15) is 9.36 Å². The second-order valence-electron chi connectivity index (χ2n) is 12.3. The number of rotatable bonds is 4. The van der Waals surface area contributed by atoms with E-state index in [2.05, 4.69) is 22.3 Å². The molecule has 0 spiro atoms. The average Bonchev–Trinajstić information content (AvgIpc) is 3.52. The smallest absolute Gasteiger partial charge is 0.368 e. The van der Waals surface area contributed by atoms with Gasteiger partial charge in [0.05, 0.1) is 17.8 Å². The first-order chi connectivity index (χ1) is 16.3. The van der Waals surface area contributed by atoms with E-state index in [0.29, 0.717) is 30.0 Å². The summed E-state index contributed by atoms with van der Waals surface area (Å²) in [6.45, 7) is 4.79. The van der Waals surface area contributed by atoms with E-state index < -0.39 is 5.60 Å². The van der Waals surface area contributed by atoms with Crippen molar-refractivity contribution in [3.63, 3.8) is 0 Å². The molecule has 1 aromatic heterocycles. The van der Waals surface area contributed by atoms with Gasteiger partial charge >= 0.3 is 5.69 Å². The molecule has 34 heavy (non-hydrogen) atoms.